The molecular formula is C12H12N6O. The molecule has 7 nitrogen and oxygen atoms in total. The number of hydrogen-bond donors (Lipinski definition) is 4. The fraction of sp³-hybridized carbons (Fsp3) is 0.0833. The summed E-state index contributed by atoms with van der Waals surface area (Å²) in [5, 5.41) is 16.8. The number of aromatic nitrogens is 4. The Hall–Kier alpha value is -2.83. The SMILES string of the molecule is Cc1cn[nH]c1NC(=O)c1n[nH]c2ccc(N)cc12. The molecule has 96 valence electrons. The van der Waals surface area contributed by atoms with E-state index < -0.39 is 0 Å². The highest BCUT2D eigenvalue weighted by atomic mass is 16.2. The maximum Gasteiger partial charge on any atom is 0.277 e. The average Bonchev–Trinajstić information content (AvgIpc) is 2.96. The number of H-pyrrole nitrogens is 2. The van der Waals surface area contributed by atoms with Gasteiger partial charge >= 0.3 is 0 Å². The lowest BCUT2D eigenvalue weighted by molar-refractivity contribution is 0.102. The van der Waals surface area contributed by atoms with Crippen LogP contribution in [0.2, 0.25) is 0 Å². The Bertz CT molecular complexity index is 757. The summed E-state index contributed by atoms with van der Waals surface area (Å²) in [4.78, 5) is 12.2. The number of carbonyl (C=O) groups is 1. The van der Waals surface area contributed by atoms with E-state index >= 15 is 0 Å². The zero-order valence-corrected chi connectivity index (χ0v) is 10.2. The molecule has 1 aromatic carbocycles. The number of nitrogens with zero attached hydrogens (tertiary/aromatic N) is 2. The Morgan fingerprint density at radius 1 is 1.37 bits per heavy atom. The molecular weight excluding hydrogens is 244 g/mol. The lowest BCUT2D eigenvalue weighted by Crippen LogP contribution is -2.13. The molecule has 0 atom stereocenters. The molecule has 0 fully saturated rings. The summed E-state index contributed by atoms with van der Waals surface area (Å²) in [6.45, 7) is 1.85. The molecule has 0 bridgehead atoms. The van der Waals surface area contributed by atoms with E-state index in [1.54, 1.807) is 24.4 Å². The molecule has 7 heteroatoms. The number of aryl methyl sites for hydroxylation is 1. The minimum atomic E-state index is -0.316. The van der Waals surface area contributed by atoms with Crippen molar-refractivity contribution in [1.82, 2.24) is 20.4 Å². The quantitative estimate of drug-likeness (QED) is 0.519. The maximum absolute atomic E-state index is 12.2. The second-order valence-corrected chi connectivity index (χ2v) is 4.26. The number of nitrogen functional groups attached to an aromatic ring is 1. The fourth-order valence-electron chi connectivity index (χ4n) is 1.85. The van der Waals surface area contributed by atoms with Gasteiger partial charge < -0.3 is 11.1 Å². The van der Waals surface area contributed by atoms with Crippen LogP contribution in [0.25, 0.3) is 10.9 Å². The van der Waals surface area contributed by atoms with Crippen LogP contribution in [0, 0.1) is 6.92 Å². The molecule has 5 N–H and O–H groups in total. The number of carbonyl (C=O) groups excluding carboxylic acids is 1. The van der Waals surface area contributed by atoms with Crippen LogP contribution in [0.15, 0.2) is 24.4 Å². The minimum Gasteiger partial charge on any atom is -0.399 e. The van der Waals surface area contributed by atoms with Crippen LogP contribution in [-0.4, -0.2) is 26.3 Å². The van der Waals surface area contributed by atoms with Crippen LogP contribution < -0.4 is 11.1 Å². The van der Waals surface area contributed by atoms with Crippen molar-refractivity contribution in [2.75, 3.05) is 11.1 Å². The minimum absolute atomic E-state index is 0.302. The van der Waals surface area contributed by atoms with Gasteiger partial charge in [0.1, 0.15) is 5.82 Å². The number of anilines is 2. The lowest BCUT2D eigenvalue weighted by atomic mass is 10.2. The van der Waals surface area contributed by atoms with E-state index in [-0.39, 0.29) is 5.91 Å². The molecule has 0 aliphatic heterocycles. The van der Waals surface area contributed by atoms with Crippen molar-refractivity contribution in [3.05, 3.63) is 35.7 Å². The summed E-state index contributed by atoms with van der Waals surface area (Å²) in [6, 6.07) is 5.25. The van der Waals surface area contributed by atoms with E-state index in [2.05, 4.69) is 25.7 Å². The first-order valence-corrected chi connectivity index (χ1v) is 5.70. The summed E-state index contributed by atoms with van der Waals surface area (Å²) < 4.78 is 0. The Balaban J connectivity index is 1.98. The Morgan fingerprint density at radius 2 is 2.21 bits per heavy atom. The third kappa shape index (κ3) is 1.90. The Morgan fingerprint density at radius 3 is 2.95 bits per heavy atom. The normalized spacial score (nSPS) is 10.8. The van der Waals surface area contributed by atoms with Crippen LogP contribution in [0.3, 0.4) is 0 Å². The van der Waals surface area contributed by atoms with Gasteiger partial charge in [-0.1, -0.05) is 0 Å². The Kier molecular flexibility index (Phi) is 2.45. The number of amides is 1. The molecule has 1 amide bonds. The molecule has 2 heterocycles. The first kappa shape index (κ1) is 11.3. The van der Waals surface area contributed by atoms with Crippen molar-refractivity contribution in [2.45, 2.75) is 6.92 Å². The van der Waals surface area contributed by atoms with Crippen LogP contribution in [0.1, 0.15) is 16.1 Å². The average molecular weight is 256 g/mol. The molecule has 0 aliphatic carbocycles. The number of rotatable bonds is 2. The van der Waals surface area contributed by atoms with Crippen LogP contribution in [0.5, 0.6) is 0 Å². The summed E-state index contributed by atoms with van der Waals surface area (Å²) in [7, 11) is 0. The largest absolute Gasteiger partial charge is 0.399 e. The van der Waals surface area contributed by atoms with Crippen molar-refractivity contribution in [3.8, 4) is 0 Å². The molecule has 0 aliphatic rings. The summed E-state index contributed by atoms with van der Waals surface area (Å²) in [5.41, 5.74) is 8.23. The number of hydrogen-bond acceptors (Lipinski definition) is 4. The molecule has 0 spiro atoms. The van der Waals surface area contributed by atoms with Crippen molar-refractivity contribution in [1.29, 1.82) is 0 Å². The van der Waals surface area contributed by atoms with Gasteiger partial charge in [-0.25, -0.2) is 0 Å². The molecule has 0 saturated heterocycles. The zero-order chi connectivity index (χ0) is 13.4. The van der Waals surface area contributed by atoms with E-state index in [4.69, 9.17) is 5.73 Å². The molecule has 3 rings (SSSR count). The second-order valence-electron chi connectivity index (χ2n) is 4.26. The van der Waals surface area contributed by atoms with Crippen LogP contribution in [-0.2, 0) is 0 Å². The van der Waals surface area contributed by atoms with Gasteiger partial charge in [0.15, 0.2) is 5.69 Å². The van der Waals surface area contributed by atoms with E-state index in [0.717, 1.165) is 11.1 Å². The van der Waals surface area contributed by atoms with Crippen molar-refractivity contribution >= 4 is 28.3 Å². The zero-order valence-electron chi connectivity index (χ0n) is 10.2. The number of fused-ring (bicyclic) bond motifs is 1. The van der Waals surface area contributed by atoms with Gasteiger partial charge in [-0.15, -0.1) is 0 Å². The van der Waals surface area contributed by atoms with Gasteiger partial charge in [0.05, 0.1) is 11.7 Å². The molecule has 2 aromatic heterocycles. The second kappa shape index (κ2) is 4.13. The standard InChI is InChI=1S/C12H12N6O/c1-6-5-14-18-11(6)15-12(19)10-8-4-7(13)2-3-9(8)16-17-10/h2-5H,13H2,1H3,(H,16,17)(H2,14,15,18,19). The maximum atomic E-state index is 12.2. The molecule has 3 aromatic rings. The van der Waals surface area contributed by atoms with Gasteiger partial charge in [0.2, 0.25) is 0 Å². The van der Waals surface area contributed by atoms with E-state index in [1.165, 1.54) is 0 Å². The lowest BCUT2D eigenvalue weighted by Gasteiger charge is -2.01. The third-order valence-electron chi connectivity index (χ3n) is 2.87. The number of aromatic amines is 2. The fourth-order valence-corrected chi connectivity index (χ4v) is 1.85. The number of nitrogens with one attached hydrogen (secondary N) is 3. The predicted octanol–water partition coefficient (Wildman–Crippen LogP) is 1.43. The topological polar surface area (TPSA) is 112 Å². The van der Waals surface area contributed by atoms with Crippen molar-refractivity contribution in [2.24, 2.45) is 0 Å². The highest BCUT2D eigenvalue weighted by molar-refractivity contribution is 6.11. The predicted molar refractivity (Wildman–Crippen MR) is 71.8 cm³/mol. The van der Waals surface area contributed by atoms with Crippen molar-refractivity contribution < 1.29 is 4.79 Å². The Labute approximate surface area is 108 Å². The van der Waals surface area contributed by atoms with Crippen molar-refractivity contribution in [3.63, 3.8) is 0 Å². The van der Waals surface area contributed by atoms with E-state index in [9.17, 15) is 4.79 Å². The molecule has 19 heavy (non-hydrogen) atoms. The van der Waals surface area contributed by atoms with E-state index in [0.29, 0.717) is 22.6 Å². The third-order valence-corrected chi connectivity index (χ3v) is 2.87. The van der Waals surface area contributed by atoms with Gasteiger partial charge in [-0.2, -0.15) is 10.2 Å². The van der Waals surface area contributed by atoms with Gasteiger partial charge in [-0.05, 0) is 25.1 Å². The van der Waals surface area contributed by atoms with Gasteiger partial charge in [0.25, 0.3) is 5.91 Å². The first-order valence-electron chi connectivity index (χ1n) is 5.70. The molecule has 0 saturated carbocycles. The molecule has 0 unspecified atom stereocenters. The van der Waals surface area contributed by atoms with E-state index in [1.807, 2.05) is 6.92 Å². The van der Waals surface area contributed by atoms with Crippen LogP contribution in [0.4, 0.5) is 11.5 Å². The van der Waals surface area contributed by atoms with Crippen LogP contribution >= 0.6 is 0 Å². The summed E-state index contributed by atoms with van der Waals surface area (Å²) in [6.07, 6.45) is 1.64. The molecule has 0 radical (unpaired) electrons. The summed E-state index contributed by atoms with van der Waals surface area (Å²) in [5.74, 6) is 0.245. The monoisotopic (exact) mass is 256 g/mol. The first-order chi connectivity index (χ1) is 9.15. The number of nitrogens with two attached hydrogens (primary N) is 1. The highest BCUT2D eigenvalue weighted by Gasteiger charge is 2.15. The number of benzene rings is 1. The van der Waals surface area contributed by atoms with Gasteiger partial charge in [-0.3, -0.25) is 15.0 Å². The van der Waals surface area contributed by atoms with Gasteiger partial charge in [0, 0.05) is 16.6 Å². The highest BCUT2D eigenvalue weighted by Crippen LogP contribution is 2.20. The smallest absolute Gasteiger partial charge is 0.277 e. The summed E-state index contributed by atoms with van der Waals surface area (Å²) >= 11 is 0.